The molecule has 12 unspecified atom stereocenters. The Hall–Kier alpha value is -1.53. The number of aliphatic hydroxyl groups excluding tert-OH is 8. The highest BCUT2D eigenvalue weighted by Gasteiger charge is 2.51. The number of nitrogens with one attached hydrogen (secondary N) is 1. The Labute approximate surface area is 468 Å². The molecule has 454 valence electrons. The van der Waals surface area contributed by atoms with Crippen LogP contribution in [0.4, 0.5) is 0 Å². The number of rotatable bonds is 52. The lowest BCUT2D eigenvalue weighted by Crippen LogP contribution is -2.65. The second-order valence-electron chi connectivity index (χ2n) is 22.9. The average molecular weight is 1100 g/mol. The maximum atomic E-state index is 13.2. The van der Waals surface area contributed by atoms with Crippen molar-refractivity contribution in [1.29, 1.82) is 0 Å². The highest BCUT2D eigenvalue weighted by atomic mass is 16.7. The second kappa shape index (κ2) is 49.1. The van der Waals surface area contributed by atoms with Crippen LogP contribution in [0.3, 0.4) is 0 Å². The van der Waals surface area contributed by atoms with Gasteiger partial charge in [-0.2, -0.15) is 0 Å². The van der Waals surface area contributed by atoms with Gasteiger partial charge in [-0.25, -0.2) is 0 Å². The molecule has 77 heavy (non-hydrogen) atoms. The topological polar surface area (TPSA) is 228 Å². The third kappa shape index (κ3) is 34.5. The van der Waals surface area contributed by atoms with Gasteiger partial charge in [0, 0.05) is 6.42 Å². The molecule has 2 saturated heterocycles. The quantitative estimate of drug-likeness (QED) is 0.0204. The molecule has 2 rings (SSSR count). The largest absolute Gasteiger partial charge is 0.394 e. The smallest absolute Gasteiger partial charge is 0.220 e. The summed E-state index contributed by atoms with van der Waals surface area (Å²) in [4.78, 5) is 13.2. The lowest BCUT2D eigenvalue weighted by Gasteiger charge is -2.46. The van der Waals surface area contributed by atoms with E-state index >= 15 is 0 Å². The molecule has 2 heterocycles. The average Bonchev–Trinajstić information content (AvgIpc) is 3.44. The van der Waals surface area contributed by atoms with Crippen LogP contribution in [0.2, 0.25) is 0 Å². The lowest BCUT2D eigenvalue weighted by atomic mass is 9.97. The third-order valence-electron chi connectivity index (χ3n) is 15.9. The Bertz CT molecular complexity index is 1390. The predicted octanol–water partition coefficient (Wildman–Crippen LogP) is 11.6. The molecule has 0 spiro atoms. The number of unbranched alkanes of at least 4 members (excludes halogenated alkanes) is 37. The highest BCUT2D eigenvalue weighted by molar-refractivity contribution is 5.76. The third-order valence-corrected chi connectivity index (χ3v) is 15.9. The van der Waals surface area contributed by atoms with Crippen LogP contribution in [-0.2, 0) is 23.7 Å². The fourth-order valence-corrected chi connectivity index (χ4v) is 10.7. The number of carbonyl (C=O) groups excluding carboxylic acids is 1. The summed E-state index contributed by atoms with van der Waals surface area (Å²) < 4.78 is 22.7. The molecule has 0 aromatic rings. The summed E-state index contributed by atoms with van der Waals surface area (Å²) in [5.41, 5.74) is 0. The van der Waals surface area contributed by atoms with Crippen molar-refractivity contribution in [3.63, 3.8) is 0 Å². The van der Waals surface area contributed by atoms with Crippen molar-refractivity contribution in [2.24, 2.45) is 0 Å². The molecule has 2 aliphatic heterocycles. The second-order valence-corrected chi connectivity index (χ2v) is 22.9. The number of hydrogen-bond acceptors (Lipinski definition) is 13. The molecule has 2 fully saturated rings. The van der Waals surface area contributed by atoms with Gasteiger partial charge in [-0.1, -0.05) is 263 Å². The van der Waals surface area contributed by atoms with E-state index in [2.05, 4.69) is 31.3 Å². The summed E-state index contributed by atoms with van der Waals surface area (Å²) in [5.74, 6) is -0.246. The molecule has 0 aromatic carbocycles. The predicted molar refractivity (Wildman–Crippen MR) is 309 cm³/mol. The van der Waals surface area contributed by atoms with E-state index < -0.39 is 86.8 Å². The zero-order valence-corrected chi connectivity index (χ0v) is 49.0. The first kappa shape index (κ1) is 71.6. The molecule has 0 aromatic heterocycles. The monoisotopic (exact) mass is 1100 g/mol. The Kier molecular flexibility index (Phi) is 45.7. The minimum absolute atomic E-state index is 0.246. The van der Waals surface area contributed by atoms with Crippen LogP contribution in [0.25, 0.3) is 0 Å². The Morgan fingerprint density at radius 2 is 0.831 bits per heavy atom. The Morgan fingerprint density at radius 3 is 1.27 bits per heavy atom. The summed E-state index contributed by atoms with van der Waals surface area (Å²) in [7, 11) is 0. The molecule has 0 radical (unpaired) electrons. The number of hydrogen-bond donors (Lipinski definition) is 9. The zero-order valence-electron chi connectivity index (χ0n) is 49.0. The van der Waals surface area contributed by atoms with Crippen LogP contribution in [0, 0.1) is 0 Å². The number of aliphatic hydroxyl groups is 8. The van der Waals surface area contributed by atoms with Crippen LogP contribution in [0.5, 0.6) is 0 Å². The summed E-state index contributed by atoms with van der Waals surface area (Å²) in [6.45, 7) is 2.76. The molecule has 0 bridgehead atoms. The lowest BCUT2D eigenvalue weighted by molar-refractivity contribution is -0.359. The van der Waals surface area contributed by atoms with Crippen LogP contribution in [0.1, 0.15) is 277 Å². The van der Waals surface area contributed by atoms with E-state index in [1.54, 1.807) is 6.08 Å². The van der Waals surface area contributed by atoms with Gasteiger partial charge in [0.25, 0.3) is 0 Å². The molecule has 0 aliphatic carbocycles. The van der Waals surface area contributed by atoms with Gasteiger partial charge in [0.05, 0.1) is 32.0 Å². The highest BCUT2D eigenvalue weighted by Crippen LogP contribution is 2.30. The maximum absolute atomic E-state index is 13.2. The van der Waals surface area contributed by atoms with Crippen molar-refractivity contribution in [1.82, 2.24) is 5.32 Å². The molecular weight excluding hydrogens is 979 g/mol. The van der Waals surface area contributed by atoms with Gasteiger partial charge in [0.15, 0.2) is 12.6 Å². The van der Waals surface area contributed by atoms with E-state index in [1.807, 2.05) is 6.08 Å². The van der Waals surface area contributed by atoms with E-state index in [4.69, 9.17) is 18.9 Å². The number of amides is 1. The first-order valence-corrected chi connectivity index (χ1v) is 32.1. The normalized spacial score (nSPS) is 24.8. The van der Waals surface area contributed by atoms with Gasteiger partial charge in [-0.15, -0.1) is 0 Å². The van der Waals surface area contributed by atoms with E-state index in [0.29, 0.717) is 12.8 Å². The Balaban J connectivity index is 1.58. The zero-order chi connectivity index (χ0) is 56.0. The first-order chi connectivity index (χ1) is 37.6. The first-order valence-electron chi connectivity index (χ1n) is 32.1. The molecule has 1 amide bonds. The number of allylic oxidation sites excluding steroid dienone is 3. The van der Waals surface area contributed by atoms with E-state index in [9.17, 15) is 45.6 Å². The molecule has 12 atom stereocenters. The number of ether oxygens (including phenoxy) is 4. The van der Waals surface area contributed by atoms with Crippen molar-refractivity contribution in [2.75, 3.05) is 19.8 Å². The molecule has 9 N–H and O–H groups in total. The van der Waals surface area contributed by atoms with Gasteiger partial charge >= 0.3 is 0 Å². The van der Waals surface area contributed by atoms with Gasteiger partial charge in [0.1, 0.15) is 48.8 Å². The van der Waals surface area contributed by atoms with Gasteiger partial charge < -0.3 is 65.1 Å². The Morgan fingerprint density at radius 1 is 0.455 bits per heavy atom. The van der Waals surface area contributed by atoms with Crippen molar-refractivity contribution >= 4 is 5.91 Å². The van der Waals surface area contributed by atoms with E-state index in [-0.39, 0.29) is 18.9 Å². The van der Waals surface area contributed by atoms with Crippen LogP contribution >= 0.6 is 0 Å². The van der Waals surface area contributed by atoms with Crippen molar-refractivity contribution in [3.05, 3.63) is 24.3 Å². The fourth-order valence-electron chi connectivity index (χ4n) is 10.7. The van der Waals surface area contributed by atoms with E-state index in [1.165, 1.54) is 212 Å². The molecule has 2 aliphatic rings. The van der Waals surface area contributed by atoms with E-state index in [0.717, 1.165) is 32.1 Å². The number of carbonyl (C=O) groups is 1. The van der Waals surface area contributed by atoms with Crippen molar-refractivity contribution in [2.45, 2.75) is 351 Å². The molecule has 14 heteroatoms. The summed E-state index contributed by atoms with van der Waals surface area (Å²) >= 11 is 0. The summed E-state index contributed by atoms with van der Waals surface area (Å²) in [5, 5.41) is 86.9. The van der Waals surface area contributed by atoms with Gasteiger partial charge in [0.2, 0.25) is 5.91 Å². The fraction of sp³-hybridized carbons (Fsp3) is 0.921. The molecule has 0 saturated carbocycles. The minimum Gasteiger partial charge on any atom is -0.394 e. The maximum Gasteiger partial charge on any atom is 0.220 e. The minimum atomic E-state index is -1.79. The SMILES string of the molecule is CCCCCC/C=C/CC/C=C/C(O)C(COC1OC(CO)C(OC2OC(CO)C(O)C(O)C2O)C(O)C1O)NC(=O)CCCCCCCCCCCCCCCCCCCCCCCCCCCCCCCCCCC. The van der Waals surface area contributed by atoms with Gasteiger partial charge in [-0.05, 0) is 32.1 Å². The van der Waals surface area contributed by atoms with Crippen LogP contribution in [0.15, 0.2) is 24.3 Å². The van der Waals surface area contributed by atoms with Gasteiger partial charge in [-0.3, -0.25) is 4.79 Å². The standard InChI is InChI=1S/C63H119NO13/c1-3-5-7-9-11-13-15-16-17-18-19-20-21-22-23-24-25-26-27-28-29-30-31-32-33-34-35-36-37-39-41-43-45-47-55(68)64-51(52(67)46-44-42-40-38-14-12-10-8-6-4-2)50-74-62-60(73)58(71)61(54(49-66)76-62)77-63-59(72)57(70)56(69)53(48-65)75-63/h14,38,44,46,51-54,56-63,65-67,69-73H,3-13,15-37,39-43,45,47-50H2,1-2H3,(H,64,68)/b38-14+,46-44+. The summed E-state index contributed by atoms with van der Waals surface area (Å²) in [6.07, 6.45) is 42.8. The van der Waals surface area contributed by atoms with Crippen molar-refractivity contribution in [3.8, 4) is 0 Å². The summed E-state index contributed by atoms with van der Waals surface area (Å²) in [6, 6.07) is -0.926. The molecular formula is C63H119NO13. The van der Waals surface area contributed by atoms with Crippen molar-refractivity contribution < 1.29 is 64.6 Å². The van der Waals surface area contributed by atoms with Crippen LogP contribution < -0.4 is 5.32 Å². The molecule has 14 nitrogen and oxygen atoms in total. The van der Waals surface area contributed by atoms with Crippen LogP contribution in [-0.4, -0.2) is 140 Å².